The first-order valence-corrected chi connectivity index (χ1v) is 11.1. The van der Waals surface area contributed by atoms with Crippen LogP contribution in [0.25, 0.3) is 6.08 Å². The van der Waals surface area contributed by atoms with Gasteiger partial charge in [-0.3, -0.25) is 19.3 Å². The summed E-state index contributed by atoms with van der Waals surface area (Å²) in [5.74, 6) is -1.27. The summed E-state index contributed by atoms with van der Waals surface area (Å²) < 4.78 is 9.76. The molecular formula is C20H20Cl2N2O6S. The maximum Gasteiger partial charge on any atom is 0.343 e. The Balaban J connectivity index is 1.71. The highest BCUT2D eigenvalue weighted by molar-refractivity contribution is 8.18. The summed E-state index contributed by atoms with van der Waals surface area (Å²) in [6.45, 7) is 0.654. The van der Waals surface area contributed by atoms with E-state index in [1.807, 2.05) is 0 Å². The van der Waals surface area contributed by atoms with Crippen LogP contribution in [0.3, 0.4) is 0 Å². The van der Waals surface area contributed by atoms with Crippen LogP contribution in [-0.2, 0) is 19.1 Å². The lowest BCUT2D eigenvalue weighted by Crippen LogP contribution is -2.44. The van der Waals surface area contributed by atoms with Crippen molar-refractivity contribution in [3.8, 4) is 5.75 Å². The quantitative estimate of drug-likeness (QED) is 0.447. The van der Waals surface area contributed by atoms with Crippen LogP contribution in [0.1, 0.15) is 24.8 Å². The first-order chi connectivity index (χ1) is 14.8. The number of methoxy groups -OCH3 is 1. The topological polar surface area (TPSA) is 93.2 Å². The molecule has 0 bridgehead atoms. The molecule has 1 aromatic carbocycles. The van der Waals surface area contributed by atoms with Gasteiger partial charge < -0.3 is 14.4 Å². The minimum absolute atomic E-state index is 0.103. The molecule has 2 aliphatic heterocycles. The van der Waals surface area contributed by atoms with Crippen LogP contribution < -0.4 is 4.74 Å². The minimum Gasteiger partial charge on any atom is -0.479 e. The Morgan fingerprint density at radius 2 is 1.77 bits per heavy atom. The zero-order valence-electron chi connectivity index (χ0n) is 16.7. The largest absolute Gasteiger partial charge is 0.479 e. The van der Waals surface area contributed by atoms with Crippen LogP contribution in [-0.4, -0.2) is 66.2 Å². The van der Waals surface area contributed by atoms with Crippen molar-refractivity contribution in [3.63, 3.8) is 0 Å². The molecule has 0 atom stereocenters. The van der Waals surface area contributed by atoms with E-state index in [0.29, 0.717) is 18.7 Å². The van der Waals surface area contributed by atoms with Gasteiger partial charge in [0.05, 0.1) is 22.1 Å². The second kappa shape index (κ2) is 10.4. The van der Waals surface area contributed by atoms with E-state index in [4.69, 9.17) is 27.9 Å². The molecule has 166 valence electrons. The van der Waals surface area contributed by atoms with E-state index < -0.39 is 17.1 Å². The van der Waals surface area contributed by atoms with Crippen LogP contribution in [0.5, 0.6) is 5.75 Å². The first-order valence-electron chi connectivity index (χ1n) is 9.52. The molecule has 2 fully saturated rings. The lowest BCUT2D eigenvalue weighted by molar-refractivity contribution is -0.142. The van der Waals surface area contributed by atoms with E-state index in [1.54, 1.807) is 4.90 Å². The van der Waals surface area contributed by atoms with Crippen LogP contribution >= 0.6 is 35.0 Å². The molecule has 8 nitrogen and oxygen atoms in total. The average molecular weight is 487 g/mol. The fourth-order valence-electron chi connectivity index (χ4n) is 3.16. The van der Waals surface area contributed by atoms with E-state index >= 15 is 0 Å². The van der Waals surface area contributed by atoms with Crippen LogP contribution in [0.15, 0.2) is 17.0 Å². The molecule has 3 amide bonds. The second-order valence-electron chi connectivity index (χ2n) is 6.89. The number of amides is 3. The molecule has 0 spiro atoms. The van der Waals surface area contributed by atoms with Gasteiger partial charge in [0.2, 0.25) is 5.91 Å². The van der Waals surface area contributed by atoms with Crippen molar-refractivity contribution in [2.75, 3.05) is 33.4 Å². The SMILES string of the molecule is COC(=O)COc1c(Cl)cc(C=C2SC(=O)N(CC(=O)N3CCCCC3)C2=O)cc1Cl. The molecule has 31 heavy (non-hydrogen) atoms. The van der Waals surface area contributed by atoms with E-state index in [0.717, 1.165) is 35.9 Å². The Bertz CT molecular complexity index is 923. The number of benzene rings is 1. The minimum atomic E-state index is -0.594. The maximum absolute atomic E-state index is 12.7. The van der Waals surface area contributed by atoms with Crippen molar-refractivity contribution in [2.24, 2.45) is 0 Å². The summed E-state index contributed by atoms with van der Waals surface area (Å²) in [6, 6.07) is 2.99. The third kappa shape index (κ3) is 5.72. The molecule has 0 saturated carbocycles. The third-order valence-electron chi connectivity index (χ3n) is 4.76. The van der Waals surface area contributed by atoms with Gasteiger partial charge in [0, 0.05) is 13.1 Å². The predicted octanol–water partition coefficient (Wildman–Crippen LogP) is 3.59. The first kappa shape index (κ1) is 23.4. The molecule has 11 heteroatoms. The Kier molecular flexibility index (Phi) is 7.85. The van der Waals surface area contributed by atoms with Crippen LogP contribution in [0.4, 0.5) is 4.79 Å². The fraction of sp³-hybridized carbons (Fsp3) is 0.400. The second-order valence-corrected chi connectivity index (χ2v) is 8.70. The summed E-state index contributed by atoms with van der Waals surface area (Å²) in [6.07, 6.45) is 4.40. The number of carbonyl (C=O) groups excluding carboxylic acids is 4. The number of rotatable bonds is 6. The Morgan fingerprint density at radius 3 is 2.39 bits per heavy atom. The van der Waals surface area contributed by atoms with E-state index in [9.17, 15) is 19.2 Å². The molecule has 0 aliphatic carbocycles. The van der Waals surface area contributed by atoms with Gasteiger partial charge in [0.15, 0.2) is 12.4 Å². The summed E-state index contributed by atoms with van der Waals surface area (Å²) >= 11 is 13.1. The van der Waals surface area contributed by atoms with Crippen molar-refractivity contribution in [1.29, 1.82) is 0 Å². The smallest absolute Gasteiger partial charge is 0.343 e. The summed E-state index contributed by atoms with van der Waals surface area (Å²) in [5, 5.41) is -0.249. The van der Waals surface area contributed by atoms with Crippen molar-refractivity contribution < 1.29 is 28.7 Å². The van der Waals surface area contributed by atoms with Crippen LogP contribution in [0, 0.1) is 0 Å². The summed E-state index contributed by atoms with van der Waals surface area (Å²) in [5.41, 5.74) is 0.466. The monoisotopic (exact) mass is 486 g/mol. The van der Waals surface area contributed by atoms with Gasteiger partial charge in [0.1, 0.15) is 6.54 Å². The van der Waals surface area contributed by atoms with Crippen molar-refractivity contribution in [1.82, 2.24) is 9.80 Å². The van der Waals surface area contributed by atoms with E-state index in [1.165, 1.54) is 25.3 Å². The van der Waals surface area contributed by atoms with Gasteiger partial charge in [-0.25, -0.2) is 4.79 Å². The lowest BCUT2D eigenvalue weighted by Gasteiger charge is -2.27. The molecule has 0 unspecified atom stereocenters. The van der Waals surface area contributed by atoms with Gasteiger partial charge in [-0.1, -0.05) is 23.2 Å². The van der Waals surface area contributed by atoms with Gasteiger partial charge in [-0.2, -0.15) is 0 Å². The standard InChI is InChI=1S/C20H20Cl2N2O6S/c1-29-17(26)11-30-18-13(21)7-12(8-14(18)22)9-15-19(27)24(20(28)31-15)10-16(25)23-5-3-2-4-6-23/h7-9H,2-6,10-11H2,1H3. The number of piperidine rings is 1. The maximum atomic E-state index is 12.7. The fourth-order valence-corrected chi connectivity index (χ4v) is 4.61. The normalized spacial score (nSPS) is 18.0. The number of thioether (sulfide) groups is 1. The van der Waals surface area contributed by atoms with Crippen molar-refractivity contribution in [3.05, 3.63) is 32.6 Å². The highest BCUT2D eigenvalue weighted by Gasteiger charge is 2.37. The average Bonchev–Trinajstić information content (AvgIpc) is 3.00. The van der Waals surface area contributed by atoms with E-state index in [2.05, 4.69) is 4.74 Å². The lowest BCUT2D eigenvalue weighted by atomic mass is 10.1. The number of likely N-dealkylation sites (tertiary alicyclic amines) is 1. The molecular weight excluding hydrogens is 467 g/mol. The number of esters is 1. The summed E-state index contributed by atoms with van der Waals surface area (Å²) in [4.78, 5) is 51.5. The Morgan fingerprint density at radius 1 is 1.13 bits per heavy atom. The molecule has 0 aromatic heterocycles. The highest BCUT2D eigenvalue weighted by atomic mass is 35.5. The Hall–Kier alpha value is -2.23. The number of hydrogen-bond donors (Lipinski definition) is 0. The Labute approximate surface area is 193 Å². The molecule has 1 aromatic rings. The van der Waals surface area contributed by atoms with Crippen molar-refractivity contribution >= 4 is 64.1 Å². The van der Waals surface area contributed by atoms with E-state index in [-0.39, 0.29) is 39.8 Å². The number of halogens is 2. The van der Waals surface area contributed by atoms with Crippen molar-refractivity contribution in [2.45, 2.75) is 19.3 Å². The molecule has 0 radical (unpaired) electrons. The zero-order chi connectivity index (χ0) is 22.5. The zero-order valence-corrected chi connectivity index (χ0v) is 19.0. The van der Waals surface area contributed by atoms with Gasteiger partial charge >= 0.3 is 5.97 Å². The molecule has 2 saturated heterocycles. The molecule has 2 heterocycles. The van der Waals surface area contributed by atoms with Gasteiger partial charge in [-0.15, -0.1) is 0 Å². The number of ether oxygens (including phenoxy) is 2. The van der Waals surface area contributed by atoms with Gasteiger partial charge in [-0.05, 0) is 54.8 Å². The predicted molar refractivity (Wildman–Crippen MR) is 117 cm³/mol. The molecule has 3 rings (SSSR count). The highest BCUT2D eigenvalue weighted by Crippen LogP contribution is 2.37. The number of imide groups is 1. The number of hydrogen-bond acceptors (Lipinski definition) is 7. The summed E-state index contributed by atoms with van der Waals surface area (Å²) in [7, 11) is 1.23. The third-order valence-corrected chi connectivity index (χ3v) is 6.23. The number of carbonyl (C=O) groups is 4. The number of nitrogens with zero attached hydrogens (tertiary/aromatic N) is 2. The van der Waals surface area contributed by atoms with Gasteiger partial charge in [0.25, 0.3) is 11.1 Å². The van der Waals surface area contributed by atoms with Crippen LogP contribution in [0.2, 0.25) is 10.0 Å². The molecule has 2 aliphatic rings. The molecule has 0 N–H and O–H groups in total.